The number of aryl methyl sites for hydroxylation is 3. The molecular weight excluding hydrogens is 420 g/mol. The van der Waals surface area contributed by atoms with Crippen LogP contribution in [0.1, 0.15) is 16.8 Å². The molecule has 0 atom stereocenters. The summed E-state index contributed by atoms with van der Waals surface area (Å²) in [7, 11) is -3.28. The van der Waals surface area contributed by atoms with E-state index in [2.05, 4.69) is 12.1 Å². The van der Waals surface area contributed by atoms with E-state index < -0.39 is 9.84 Å². The van der Waals surface area contributed by atoms with Crippen molar-refractivity contribution in [2.24, 2.45) is 0 Å². The van der Waals surface area contributed by atoms with Crippen LogP contribution in [0.4, 0.5) is 0 Å². The average Bonchev–Trinajstić information content (AvgIpc) is 3.17. The minimum Gasteiger partial charge on any atom is -0.390 e. The lowest BCUT2D eigenvalue weighted by atomic mass is 9.98. The number of aromatic nitrogens is 2. The molecule has 5 nitrogen and oxygen atoms in total. The van der Waals surface area contributed by atoms with Crippen molar-refractivity contribution in [3.05, 3.63) is 95.7 Å². The molecule has 0 fully saturated rings. The Hall–Kier alpha value is -3.22. The van der Waals surface area contributed by atoms with Gasteiger partial charge in [0.1, 0.15) is 5.69 Å². The zero-order valence-electron chi connectivity index (χ0n) is 18.2. The van der Waals surface area contributed by atoms with E-state index in [-0.39, 0.29) is 11.5 Å². The van der Waals surface area contributed by atoms with Gasteiger partial charge in [0, 0.05) is 23.9 Å². The molecule has 1 aromatic heterocycles. The van der Waals surface area contributed by atoms with Crippen LogP contribution in [-0.2, 0) is 29.4 Å². The molecule has 0 saturated carbocycles. The molecule has 164 valence electrons. The second-order valence-electron chi connectivity index (χ2n) is 7.95. The van der Waals surface area contributed by atoms with Crippen LogP contribution in [0.3, 0.4) is 0 Å². The standard InChI is InChI=1S/C26H26N2O3S/c1-19-8-10-21(11-9-19)25-24(18-29)28(17-16-20-6-4-3-5-7-20)27-26(25)22-12-14-23(15-13-22)32(2,30)31/h3-15,29H,16-18H2,1-2H3. The van der Waals surface area contributed by atoms with Crippen molar-refractivity contribution in [1.82, 2.24) is 9.78 Å². The molecule has 0 aliphatic heterocycles. The minimum atomic E-state index is -3.28. The van der Waals surface area contributed by atoms with E-state index in [1.165, 1.54) is 11.8 Å². The van der Waals surface area contributed by atoms with Gasteiger partial charge in [-0.05, 0) is 36.6 Å². The zero-order valence-corrected chi connectivity index (χ0v) is 19.0. The highest BCUT2D eigenvalue weighted by Gasteiger charge is 2.20. The van der Waals surface area contributed by atoms with Gasteiger partial charge >= 0.3 is 0 Å². The quantitative estimate of drug-likeness (QED) is 0.448. The summed E-state index contributed by atoms with van der Waals surface area (Å²) in [5.74, 6) is 0. The second kappa shape index (κ2) is 9.10. The third-order valence-corrected chi connectivity index (χ3v) is 6.69. The lowest BCUT2D eigenvalue weighted by molar-refractivity contribution is 0.268. The van der Waals surface area contributed by atoms with Crippen LogP contribution in [0.15, 0.2) is 83.8 Å². The van der Waals surface area contributed by atoms with Crippen LogP contribution in [0.5, 0.6) is 0 Å². The third kappa shape index (κ3) is 4.66. The monoisotopic (exact) mass is 446 g/mol. The predicted molar refractivity (Wildman–Crippen MR) is 127 cm³/mol. The summed E-state index contributed by atoms with van der Waals surface area (Å²) in [5.41, 5.74) is 6.46. The number of nitrogens with zero attached hydrogens (tertiary/aromatic N) is 2. The predicted octanol–water partition coefficient (Wildman–Crippen LogP) is 4.66. The molecule has 3 aromatic carbocycles. The van der Waals surface area contributed by atoms with E-state index in [4.69, 9.17) is 5.10 Å². The van der Waals surface area contributed by atoms with E-state index in [0.717, 1.165) is 40.1 Å². The summed E-state index contributed by atoms with van der Waals surface area (Å²) in [6, 6.07) is 25.1. The normalized spacial score (nSPS) is 11.6. The maximum atomic E-state index is 11.9. The molecule has 0 unspecified atom stereocenters. The number of benzene rings is 3. The van der Waals surface area contributed by atoms with Gasteiger partial charge in [-0.3, -0.25) is 4.68 Å². The molecule has 0 radical (unpaired) electrons. The average molecular weight is 447 g/mol. The lowest BCUT2D eigenvalue weighted by Gasteiger charge is -2.09. The SMILES string of the molecule is Cc1ccc(-c2c(-c3ccc(S(C)(=O)=O)cc3)nn(CCc3ccccc3)c2CO)cc1. The Balaban J connectivity index is 1.81. The largest absolute Gasteiger partial charge is 0.390 e. The van der Waals surface area contributed by atoms with Gasteiger partial charge in [-0.2, -0.15) is 5.10 Å². The Bertz CT molecular complexity index is 1310. The van der Waals surface area contributed by atoms with Crippen LogP contribution in [0, 0.1) is 6.92 Å². The van der Waals surface area contributed by atoms with Crippen molar-refractivity contribution in [1.29, 1.82) is 0 Å². The number of rotatable bonds is 7. The number of sulfone groups is 1. The van der Waals surface area contributed by atoms with Crippen molar-refractivity contribution in [3.63, 3.8) is 0 Å². The van der Waals surface area contributed by atoms with Crippen molar-refractivity contribution >= 4 is 9.84 Å². The Morgan fingerprint density at radius 1 is 0.875 bits per heavy atom. The maximum Gasteiger partial charge on any atom is 0.175 e. The molecule has 4 aromatic rings. The van der Waals surface area contributed by atoms with Gasteiger partial charge < -0.3 is 5.11 Å². The fourth-order valence-electron chi connectivity index (χ4n) is 3.81. The van der Waals surface area contributed by atoms with Crippen molar-refractivity contribution in [2.75, 3.05) is 6.26 Å². The summed E-state index contributed by atoms with van der Waals surface area (Å²) in [6.07, 6.45) is 1.98. The van der Waals surface area contributed by atoms with Crippen LogP contribution >= 0.6 is 0 Å². The first-order valence-corrected chi connectivity index (χ1v) is 12.4. The molecule has 1 N–H and O–H groups in total. The topological polar surface area (TPSA) is 72.2 Å². The fraction of sp³-hybridized carbons (Fsp3) is 0.192. The molecular formula is C26H26N2O3S. The van der Waals surface area contributed by atoms with Gasteiger partial charge in [0.25, 0.3) is 0 Å². The van der Waals surface area contributed by atoms with E-state index >= 15 is 0 Å². The number of aliphatic hydroxyl groups is 1. The van der Waals surface area contributed by atoms with Gasteiger partial charge in [-0.25, -0.2) is 8.42 Å². The molecule has 1 heterocycles. The Morgan fingerprint density at radius 2 is 1.50 bits per heavy atom. The molecule has 0 amide bonds. The lowest BCUT2D eigenvalue weighted by Crippen LogP contribution is -2.08. The summed E-state index contributed by atoms with van der Waals surface area (Å²) in [5, 5.41) is 15.1. The van der Waals surface area contributed by atoms with Crippen LogP contribution in [0.2, 0.25) is 0 Å². The summed E-state index contributed by atoms with van der Waals surface area (Å²) in [6.45, 7) is 2.51. The molecule has 0 saturated heterocycles. The van der Waals surface area contributed by atoms with Gasteiger partial charge in [0.05, 0.1) is 17.2 Å². The number of hydrogen-bond acceptors (Lipinski definition) is 4. The summed E-state index contributed by atoms with van der Waals surface area (Å²) >= 11 is 0. The Kier molecular flexibility index (Phi) is 6.26. The summed E-state index contributed by atoms with van der Waals surface area (Å²) < 4.78 is 25.6. The molecule has 0 bridgehead atoms. The molecule has 32 heavy (non-hydrogen) atoms. The highest BCUT2D eigenvalue weighted by molar-refractivity contribution is 7.90. The molecule has 0 aliphatic rings. The van der Waals surface area contributed by atoms with Crippen LogP contribution < -0.4 is 0 Å². The van der Waals surface area contributed by atoms with Gasteiger partial charge in [0.2, 0.25) is 0 Å². The van der Waals surface area contributed by atoms with Crippen LogP contribution in [-0.4, -0.2) is 29.6 Å². The van der Waals surface area contributed by atoms with Crippen molar-refractivity contribution in [2.45, 2.75) is 31.4 Å². The third-order valence-electron chi connectivity index (χ3n) is 5.56. The van der Waals surface area contributed by atoms with Crippen LogP contribution in [0.25, 0.3) is 22.4 Å². The molecule has 0 aliphatic carbocycles. The van der Waals surface area contributed by atoms with E-state index in [1.807, 2.05) is 54.1 Å². The first kappa shape index (κ1) is 22.0. The minimum absolute atomic E-state index is 0.146. The molecule has 4 rings (SSSR count). The first-order chi connectivity index (χ1) is 15.4. The molecule has 6 heteroatoms. The van der Waals surface area contributed by atoms with E-state index in [0.29, 0.717) is 6.54 Å². The van der Waals surface area contributed by atoms with Crippen molar-refractivity contribution in [3.8, 4) is 22.4 Å². The first-order valence-electron chi connectivity index (χ1n) is 10.5. The van der Waals surface area contributed by atoms with Gasteiger partial charge in [0.15, 0.2) is 9.84 Å². The summed E-state index contributed by atoms with van der Waals surface area (Å²) in [4.78, 5) is 0.268. The van der Waals surface area contributed by atoms with Gasteiger partial charge in [-0.15, -0.1) is 0 Å². The molecule has 0 spiro atoms. The number of aliphatic hydroxyl groups excluding tert-OH is 1. The highest BCUT2D eigenvalue weighted by Crippen LogP contribution is 2.35. The maximum absolute atomic E-state index is 11.9. The Morgan fingerprint density at radius 3 is 2.09 bits per heavy atom. The fourth-order valence-corrected chi connectivity index (χ4v) is 4.44. The zero-order chi connectivity index (χ0) is 22.7. The van der Waals surface area contributed by atoms with Gasteiger partial charge in [-0.1, -0.05) is 72.3 Å². The number of hydrogen-bond donors (Lipinski definition) is 1. The van der Waals surface area contributed by atoms with Crippen molar-refractivity contribution < 1.29 is 13.5 Å². The second-order valence-corrected chi connectivity index (χ2v) is 9.97. The Labute approximate surface area is 188 Å². The van der Waals surface area contributed by atoms with E-state index in [9.17, 15) is 13.5 Å². The highest BCUT2D eigenvalue weighted by atomic mass is 32.2. The smallest absolute Gasteiger partial charge is 0.175 e. The van der Waals surface area contributed by atoms with E-state index in [1.54, 1.807) is 24.3 Å².